The summed E-state index contributed by atoms with van der Waals surface area (Å²) in [5, 5.41) is 0. The fourth-order valence-electron chi connectivity index (χ4n) is 2.77. The Morgan fingerprint density at radius 3 is 2.70 bits per heavy atom. The summed E-state index contributed by atoms with van der Waals surface area (Å²) in [6, 6.07) is 10.7. The third kappa shape index (κ3) is 4.16. The smallest absolute Gasteiger partial charge is 0.339 e. The molecule has 0 N–H and O–H groups in total. The minimum atomic E-state index is -2.67. The van der Waals surface area contributed by atoms with Gasteiger partial charge in [-0.05, 0) is 35.9 Å². The van der Waals surface area contributed by atoms with Gasteiger partial charge in [0.2, 0.25) is 5.91 Å². The molecule has 0 aliphatic carbocycles. The van der Waals surface area contributed by atoms with Crippen LogP contribution in [0.1, 0.15) is 26.3 Å². The molecule has 2 aromatic rings. The average molecular weight is 391 g/mol. The SMILES string of the molecule is CN1C(=O)Cc2cc(C(=O)COC(=O)c3ccccc3SC(F)F)ccc21. The first kappa shape index (κ1) is 19.0. The number of ether oxygens (including phenoxy) is 1. The van der Waals surface area contributed by atoms with E-state index in [0.29, 0.717) is 5.56 Å². The predicted molar refractivity (Wildman–Crippen MR) is 96.5 cm³/mol. The highest BCUT2D eigenvalue weighted by molar-refractivity contribution is 7.99. The quantitative estimate of drug-likeness (QED) is 0.428. The number of hydrogen-bond acceptors (Lipinski definition) is 5. The fourth-order valence-corrected chi connectivity index (χ4v) is 3.40. The summed E-state index contributed by atoms with van der Waals surface area (Å²) < 4.78 is 30.2. The number of alkyl halides is 2. The number of thioether (sulfide) groups is 1. The number of carbonyl (C=O) groups excluding carboxylic acids is 3. The largest absolute Gasteiger partial charge is 0.454 e. The fraction of sp³-hybridized carbons (Fsp3) is 0.211. The van der Waals surface area contributed by atoms with Crippen molar-refractivity contribution < 1.29 is 27.9 Å². The maximum atomic E-state index is 12.6. The maximum Gasteiger partial charge on any atom is 0.339 e. The van der Waals surface area contributed by atoms with E-state index in [1.807, 2.05) is 0 Å². The van der Waals surface area contributed by atoms with Crippen LogP contribution in [0, 0.1) is 0 Å². The molecule has 0 saturated heterocycles. The number of benzene rings is 2. The van der Waals surface area contributed by atoms with Crippen molar-refractivity contribution in [1.29, 1.82) is 0 Å². The maximum absolute atomic E-state index is 12.6. The summed E-state index contributed by atoms with van der Waals surface area (Å²) in [6.45, 7) is -0.519. The number of Topliss-reactive ketones (excluding diaryl/α,β-unsaturated/α-hetero) is 1. The molecule has 1 aliphatic rings. The van der Waals surface area contributed by atoms with Gasteiger partial charge in [-0.15, -0.1) is 0 Å². The Morgan fingerprint density at radius 2 is 1.96 bits per heavy atom. The molecule has 1 amide bonds. The number of hydrogen-bond donors (Lipinski definition) is 0. The third-order valence-corrected chi connectivity index (χ3v) is 4.92. The van der Waals surface area contributed by atoms with Crippen molar-refractivity contribution in [2.24, 2.45) is 0 Å². The molecule has 0 aromatic heterocycles. The molecular weight excluding hydrogens is 376 g/mol. The van der Waals surface area contributed by atoms with E-state index in [9.17, 15) is 23.2 Å². The number of nitrogens with zero attached hydrogens (tertiary/aromatic N) is 1. The molecular formula is C19H15F2NO4S. The summed E-state index contributed by atoms with van der Waals surface area (Å²) in [5.41, 5.74) is 1.78. The predicted octanol–water partition coefficient (Wildman–Crippen LogP) is 3.56. The van der Waals surface area contributed by atoms with Crippen molar-refractivity contribution >= 4 is 35.1 Å². The Balaban J connectivity index is 1.67. The molecule has 3 rings (SSSR count). The summed E-state index contributed by atoms with van der Waals surface area (Å²) in [4.78, 5) is 37.8. The molecule has 0 atom stereocenters. The summed E-state index contributed by atoms with van der Waals surface area (Å²) in [7, 11) is 1.66. The van der Waals surface area contributed by atoms with E-state index in [-0.39, 0.29) is 34.5 Å². The standard InChI is InChI=1S/C19H15F2NO4S/c1-22-14-7-6-11(8-12(14)9-17(22)24)15(23)10-26-18(25)13-4-2-3-5-16(13)27-19(20)21/h2-8,19H,9-10H2,1H3. The Labute approximate surface area is 158 Å². The number of ketones is 1. The minimum Gasteiger partial charge on any atom is -0.454 e. The lowest BCUT2D eigenvalue weighted by Gasteiger charge is -2.11. The van der Waals surface area contributed by atoms with Crippen LogP contribution in [0.2, 0.25) is 0 Å². The molecule has 0 bridgehead atoms. The minimum absolute atomic E-state index is 0.0169. The van der Waals surface area contributed by atoms with E-state index in [4.69, 9.17) is 4.74 Å². The van der Waals surface area contributed by atoms with E-state index < -0.39 is 24.1 Å². The van der Waals surface area contributed by atoms with E-state index in [2.05, 4.69) is 0 Å². The summed E-state index contributed by atoms with van der Waals surface area (Å²) in [6.07, 6.45) is 0.213. The van der Waals surface area contributed by atoms with Crippen LogP contribution in [0.5, 0.6) is 0 Å². The van der Waals surface area contributed by atoms with Gasteiger partial charge in [0.25, 0.3) is 5.76 Å². The van der Waals surface area contributed by atoms with Crippen molar-refractivity contribution in [3.8, 4) is 0 Å². The van der Waals surface area contributed by atoms with Crippen LogP contribution in [0.4, 0.5) is 14.5 Å². The van der Waals surface area contributed by atoms with Gasteiger partial charge < -0.3 is 9.64 Å². The molecule has 27 heavy (non-hydrogen) atoms. The molecule has 1 heterocycles. The summed E-state index contributed by atoms with van der Waals surface area (Å²) in [5.74, 6) is -4.02. The highest BCUT2D eigenvalue weighted by Crippen LogP contribution is 2.30. The second kappa shape index (κ2) is 7.87. The van der Waals surface area contributed by atoms with Crippen LogP contribution < -0.4 is 4.90 Å². The van der Waals surface area contributed by atoms with Crippen LogP contribution in [0.15, 0.2) is 47.4 Å². The van der Waals surface area contributed by atoms with E-state index in [1.54, 1.807) is 25.2 Å². The van der Waals surface area contributed by atoms with Gasteiger partial charge in [0.05, 0.1) is 12.0 Å². The number of likely N-dealkylation sites (N-methyl/N-ethyl adjacent to an activating group) is 1. The highest BCUT2D eigenvalue weighted by atomic mass is 32.2. The van der Waals surface area contributed by atoms with Gasteiger partial charge >= 0.3 is 5.97 Å². The monoisotopic (exact) mass is 391 g/mol. The van der Waals surface area contributed by atoms with Gasteiger partial charge in [0.15, 0.2) is 12.4 Å². The van der Waals surface area contributed by atoms with Crippen LogP contribution in [0.3, 0.4) is 0 Å². The first-order chi connectivity index (χ1) is 12.9. The molecule has 5 nitrogen and oxygen atoms in total. The van der Waals surface area contributed by atoms with Crippen LogP contribution in [0.25, 0.3) is 0 Å². The van der Waals surface area contributed by atoms with Crippen molar-refractivity contribution in [3.05, 3.63) is 59.2 Å². The average Bonchev–Trinajstić information content (AvgIpc) is 2.93. The van der Waals surface area contributed by atoms with E-state index >= 15 is 0 Å². The molecule has 0 spiro atoms. The molecule has 0 unspecified atom stereocenters. The van der Waals surface area contributed by atoms with Crippen LogP contribution in [-0.4, -0.2) is 37.1 Å². The Bertz CT molecular complexity index is 916. The van der Waals surface area contributed by atoms with Gasteiger partial charge in [-0.2, -0.15) is 8.78 Å². The molecule has 0 saturated carbocycles. The molecule has 1 aliphatic heterocycles. The van der Waals surface area contributed by atoms with Crippen LogP contribution >= 0.6 is 11.8 Å². The van der Waals surface area contributed by atoms with Crippen molar-refractivity contribution in [3.63, 3.8) is 0 Å². The van der Waals surface area contributed by atoms with Crippen LogP contribution in [-0.2, 0) is 16.0 Å². The number of anilines is 1. The van der Waals surface area contributed by atoms with E-state index in [1.165, 1.54) is 29.2 Å². The number of esters is 1. The first-order valence-corrected chi connectivity index (χ1v) is 8.88. The van der Waals surface area contributed by atoms with Crippen molar-refractivity contribution in [2.75, 3.05) is 18.6 Å². The zero-order chi connectivity index (χ0) is 19.6. The van der Waals surface area contributed by atoms with Gasteiger partial charge in [0.1, 0.15) is 0 Å². The molecule has 0 fully saturated rings. The Kier molecular flexibility index (Phi) is 5.55. The van der Waals surface area contributed by atoms with Gasteiger partial charge in [-0.1, -0.05) is 23.9 Å². The second-order valence-corrected chi connectivity index (χ2v) is 6.88. The molecule has 140 valence electrons. The van der Waals surface area contributed by atoms with Crippen molar-refractivity contribution in [2.45, 2.75) is 17.1 Å². The first-order valence-electron chi connectivity index (χ1n) is 8.00. The third-order valence-electron chi connectivity index (χ3n) is 4.14. The normalized spacial score (nSPS) is 13.0. The number of amides is 1. The second-order valence-electron chi connectivity index (χ2n) is 5.85. The number of fused-ring (bicyclic) bond motifs is 1. The summed E-state index contributed by atoms with van der Waals surface area (Å²) >= 11 is 0.242. The Morgan fingerprint density at radius 1 is 1.22 bits per heavy atom. The van der Waals surface area contributed by atoms with Gasteiger partial charge in [-0.25, -0.2) is 4.79 Å². The number of rotatable bonds is 6. The topological polar surface area (TPSA) is 63.7 Å². The Hall–Kier alpha value is -2.74. The number of halogens is 2. The van der Waals surface area contributed by atoms with Crippen molar-refractivity contribution in [1.82, 2.24) is 0 Å². The highest BCUT2D eigenvalue weighted by Gasteiger charge is 2.25. The molecule has 8 heteroatoms. The molecule has 0 radical (unpaired) electrons. The zero-order valence-corrected chi connectivity index (χ0v) is 15.1. The lowest BCUT2D eigenvalue weighted by Crippen LogP contribution is -2.20. The zero-order valence-electron chi connectivity index (χ0n) is 14.3. The van der Waals surface area contributed by atoms with Gasteiger partial charge in [0, 0.05) is 23.2 Å². The number of carbonyl (C=O) groups is 3. The lowest BCUT2D eigenvalue weighted by atomic mass is 10.1. The molecule has 2 aromatic carbocycles. The van der Waals surface area contributed by atoms with E-state index in [0.717, 1.165) is 11.3 Å². The van der Waals surface area contributed by atoms with Gasteiger partial charge in [-0.3, -0.25) is 9.59 Å². The lowest BCUT2D eigenvalue weighted by molar-refractivity contribution is -0.117.